The average molecular weight is 484 g/mol. The molecule has 0 radical (unpaired) electrons. The Morgan fingerprint density at radius 3 is 2.89 bits per heavy atom. The predicted octanol–water partition coefficient (Wildman–Crippen LogP) is 3.07. The van der Waals surface area contributed by atoms with Crippen LogP contribution in [-0.4, -0.2) is 46.7 Å². The predicted molar refractivity (Wildman–Crippen MR) is 112 cm³/mol. The Morgan fingerprint density at radius 2 is 2.19 bits per heavy atom. The Hall–Kier alpha value is -2.43. The van der Waals surface area contributed by atoms with Crippen molar-refractivity contribution in [3.8, 4) is 11.6 Å². The molecule has 0 unspecified atom stereocenters. The molecule has 0 amide bonds. The molecule has 3 aromatic rings. The second-order valence-corrected chi connectivity index (χ2v) is 5.79. The summed E-state index contributed by atoms with van der Waals surface area (Å²) in [4.78, 5) is 10.6. The Balaban J connectivity index is 0.00000261. The van der Waals surface area contributed by atoms with Crippen molar-refractivity contribution in [3.63, 3.8) is 0 Å². The van der Waals surface area contributed by atoms with Crippen molar-refractivity contribution in [1.29, 1.82) is 0 Å². The zero-order chi connectivity index (χ0) is 18.4. The van der Waals surface area contributed by atoms with E-state index < -0.39 is 0 Å². The minimum Gasteiger partial charge on any atom is -0.461 e. The van der Waals surface area contributed by atoms with Gasteiger partial charge in [0.25, 0.3) is 0 Å². The van der Waals surface area contributed by atoms with Crippen LogP contribution in [0.5, 0.6) is 0 Å². The van der Waals surface area contributed by atoms with E-state index >= 15 is 0 Å². The zero-order valence-electron chi connectivity index (χ0n) is 15.1. The van der Waals surface area contributed by atoms with Crippen molar-refractivity contribution in [3.05, 3.63) is 59.9 Å². The second kappa shape index (κ2) is 10.0. The summed E-state index contributed by atoms with van der Waals surface area (Å²) in [5.41, 5.74) is 0.883. The molecule has 1 aromatic carbocycles. The number of aromatic amines is 1. The van der Waals surface area contributed by atoms with Crippen LogP contribution < -0.4 is 5.32 Å². The fraction of sp³-hybridized carbons (Fsp3) is 0.278. The lowest BCUT2D eigenvalue weighted by Crippen LogP contribution is -2.39. The minimum absolute atomic E-state index is 0. The van der Waals surface area contributed by atoms with Gasteiger partial charge in [0.1, 0.15) is 11.6 Å². The molecule has 0 aliphatic rings. The smallest absolute Gasteiger partial charge is 0.216 e. The molecule has 7 nitrogen and oxygen atoms in total. The average Bonchev–Trinajstić information content (AvgIpc) is 3.30. The van der Waals surface area contributed by atoms with Crippen LogP contribution in [0.15, 0.2) is 52.1 Å². The van der Waals surface area contributed by atoms with Gasteiger partial charge >= 0.3 is 0 Å². The van der Waals surface area contributed by atoms with E-state index in [1.165, 1.54) is 12.1 Å². The zero-order valence-corrected chi connectivity index (χ0v) is 17.5. The Bertz CT molecular complexity index is 864. The van der Waals surface area contributed by atoms with Gasteiger partial charge in [0.15, 0.2) is 11.7 Å². The van der Waals surface area contributed by atoms with Gasteiger partial charge in [-0.1, -0.05) is 12.1 Å². The third kappa shape index (κ3) is 5.78. The van der Waals surface area contributed by atoms with E-state index in [0.29, 0.717) is 31.1 Å². The normalized spacial score (nSPS) is 11.1. The van der Waals surface area contributed by atoms with Gasteiger partial charge in [0, 0.05) is 33.6 Å². The first-order valence-electron chi connectivity index (χ1n) is 8.27. The monoisotopic (exact) mass is 484 g/mol. The molecule has 2 heterocycles. The highest BCUT2D eigenvalue weighted by Crippen LogP contribution is 2.14. The quantitative estimate of drug-likeness (QED) is 0.320. The highest BCUT2D eigenvalue weighted by Gasteiger charge is 2.10. The Morgan fingerprint density at radius 1 is 1.33 bits per heavy atom. The lowest BCUT2D eigenvalue weighted by Gasteiger charge is -2.22. The summed E-state index contributed by atoms with van der Waals surface area (Å²) in [6, 6.07) is 10.2. The van der Waals surface area contributed by atoms with Gasteiger partial charge in [-0.15, -0.1) is 24.0 Å². The van der Waals surface area contributed by atoms with Crippen LogP contribution in [0.4, 0.5) is 4.39 Å². The van der Waals surface area contributed by atoms with Crippen LogP contribution >= 0.6 is 24.0 Å². The highest BCUT2D eigenvalue weighted by molar-refractivity contribution is 14.0. The van der Waals surface area contributed by atoms with E-state index in [1.54, 1.807) is 25.4 Å². The van der Waals surface area contributed by atoms with E-state index in [4.69, 9.17) is 4.42 Å². The SMILES string of the molecule is CN=C(NCCc1nc(-c2ccco2)n[nH]1)N(C)Cc1cccc(F)c1.I. The Labute approximate surface area is 174 Å². The van der Waals surface area contributed by atoms with E-state index in [0.717, 1.165) is 17.3 Å². The molecule has 0 atom stereocenters. The van der Waals surface area contributed by atoms with Crippen molar-refractivity contribution < 1.29 is 8.81 Å². The topological polar surface area (TPSA) is 82.3 Å². The largest absolute Gasteiger partial charge is 0.461 e. The summed E-state index contributed by atoms with van der Waals surface area (Å²) in [6.45, 7) is 1.19. The molecule has 0 fully saturated rings. The van der Waals surface area contributed by atoms with Crippen LogP contribution in [0.1, 0.15) is 11.4 Å². The van der Waals surface area contributed by atoms with Crippen molar-refractivity contribution in [2.24, 2.45) is 4.99 Å². The van der Waals surface area contributed by atoms with Gasteiger partial charge in [0.2, 0.25) is 5.82 Å². The summed E-state index contributed by atoms with van der Waals surface area (Å²) in [5, 5.41) is 10.3. The van der Waals surface area contributed by atoms with E-state index in [9.17, 15) is 4.39 Å². The van der Waals surface area contributed by atoms with Crippen molar-refractivity contribution in [1.82, 2.24) is 25.4 Å². The standard InChI is InChI=1S/C18H21FN6O.HI/c1-20-18(25(2)12-13-5-3-6-14(19)11-13)21-9-8-16-22-17(24-23-16)15-7-4-10-26-15;/h3-7,10-11H,8-9,12H2,1-2H3,(H,20,21)(H,22,23,24);1H. The Kier molecular flexibility index (Phi) is 7.77. The summed E-state index contributed by atoms with van der Waals surface area (Å²) >= 11 is 0. The number of hydrogen-bond donors (Lipinski definition) is 2. The molecule has 9 heteroatoms. The van der Waals surface area contributed by atoms with Crippen LogP contribution in [-0.2, 0) is 13.0 Å². The van der Waals surface area contributed by atoms with E-state index in [-0.39, 0.29) is 29.8 Å². The van der Waals surface area contributed by atoms with Gasteiger partial charge in [-0.2, -0.15) is 5.10 Å². The molecule has 2 aromatic heterocycles. The van der Waals surface area contributed by atoms with Gasteiger partial charge in [-0.3, -0.25) is 10.1 Å². The third-order valence-electron chi connectivity index (χ3n) is 3.80. The molecule has 0 bridgehead atoms. The number of benzene rings is 1. The molecule has 0 saturated carbocycles. The summed E-state index contributed by atoms with van der Waals surface area (Å²) < 4.78 is 18.6. The fourth-order valence-electron chi connectivity index (χ4n) is 2.58. The van der Waals surface area contributed by atoms with Crippen LogP contribution in [0, 0.1) is 5.82 Å². The highest BCUT2D eigenvalue weighted by atomic mass is 127. The molecule has 0 aliphatic heterocycles. The number of furan rings is 1. The lowest BCUT2D eigenvalue weighted by molar-refractivity contribution is 0.475. The molecule has 27 heavy (non-hydrogen) atoms. The molecular weight excluding hydrogens is 462 g/mol. The first-order valence-corrected chi connectivity index (χ1v) is 8.27. The van der Waals surface area contributed by atoms with Gasteiger partial charge < -0.3 is 14.6 Å². The third-order valence-corrected chi connectivity index (χ3v) is 3.80. The van der Waals surface area contributed by atoms with Crippen molar-refractivity contribution >= 4 is 29.9 Å². The maximum absolute atomic E-state index is 13.3. The molecule has 0 spiro atoms. The van der Waals surface area contributed by atoms with Crippen LogP contribution in [0.25, 0.3) is 11.6 Å². The first kappa shape index (κ1) is 20.9. The molecule has 3 rings (SSSR count). The van der Waals surface area contributed by atoms with Crippen LogP contribution in [0.3, 0.4) is 0 Å². The van der Waals surface area contributed by atoms with Crippen LogP contribution in [0.2, 0.25) is 0 Å². The summed E-state index contributed by atoms with van der Waals surface area (Å²) in [7, 11) is 3.62. The number of aliphatic imine (C=N–C) groups is 1. The number of halogens is 2. The van der Waals surface area contributed by atoms with Gasteiger partial charge in [0.05, 0.1) is 6.26 Å². The molecular formula is C18H22FIN6O. The molecule has 144 valence electrons. The minimum atomic E-state index is -0.239. The fourth-order valence-corrected chi connectivity index (χ4v) is 2.58. The lowest BCUT2D eigenvalue weighted by atomic mass is 10.2. The molecule has 0 saturated heterocycles. The number of rotatable bonds is 6. The number of aromatic nitrogens is 3. The molecule has 0 aliphatic carbocycles. The summed E-state index contributed by atoms with van der Waals surface area (Å²) in [5.74, 6) is 2.41. The van der Waals surface area contributed by atoms with Crippen molar-refractivity contribution in [2.45, 2.75) is 13.0 Å². The number of nitrogens with one attached hydrogen (secondary N) is 2. The number of nitrogens with zero attached hydrogens (tertiary/aromatic N) is 4. The van der Waals surface area contributed by atoms with Crippen molar-refractivity contribution in [2.75, 3.05) is 20.6 Å². The molecule has 2 N–H and O–H groups in total. The number of H-pyrrole nitrogens is 1. The maximum Gasteiger partial charge on any atom is 0.216 e. The second-order valence-electron chi connectivity index (χ2n) is 5.79. The van der Waals surface area contributed by atoms with E-state index in [2.05, 4.69) is 25.5 Å². The number of hydrogen-bond acceptors (Lipinski definition) is 4. The van der Waals surface area contributed by atoms with Gasteiger partial charge in [-0.05, 0) is 29.8 Å². The first-order chi connectivity index (χ1) is 12.7. The van der Waals surface area contributed by atoms with Gasteiger partial charge in [-0.25, -0.2) is 9.37 Å². The summed E-state index contributed by atoms with van der Waals surface area (Å²) in [6.07, 6.45) is 2.24. The maximum atomic E-state index is 13.3. The van der Waals surface area contributed by atoms with E-state index in [1.807, 2.05) is 24.1 Å². The number of guanidine groups is 1.